The van der Waals surface area contributed by atoms with Crippen molar-refractivity contribution in [2.24, 2.45) is 0 Å². The van der Waals surface area contributed by atoms with E-state index in [9.17, 15) is 9.59 Å². The maximum absolute atomic E-state index is 11.7. The van der Waals surface area contributed by atoms with Crippen LogP contribution in [0.4, 0.5) is 0 Å². The Kier molecular flexibility index (Phi) is 3.88. The molecule has 1 saturated carbocycles. The van der Waals surface area contributed by atoms with Crippen molar-refractivity contribution in [3.8, 4) is 5.75 Å². The summed E-state index contributed by atoms with van der Waals surface area (Å²) in [5, 5.41) is 8.88. The second-order valence-electron chi connectivity index (χ2n) is 5.04. The van der Waals surface area contributed by atoms with Gasteiger partial charge in [0.15, 0.2) is 0 Å². The smallest absolute Gasteiger partial charge is 0.377 e. The number of ether oxygens (including phenoxy) is 1. The lowest BCUT2D eigenvalue weighted by Crippen LogP contribution is -2.18. The average Bonchev–Trinajstić information content (AvgIpc) is 2.87. The zero-order valence-corrected chi connectivity index (χ0v) is 11.2. The second-order valence-corrected chi connectivity index (χ2v) is 5.04. The van der Waals surface area contributed by atoms with Gasteiger partial charge in [-0.25, -0.2) is 4.79 Å². The molecule has 0 spiro atoms. The van der Waals surface area contributed by atoms with E-state index in [-0.39, 0.29) is 11.7 Å². The van der Waals surface area contributed by atoms with Crippen LogP contribution in [0.5, 0.6) is 5.75 Å². The average molecular weight is 262 g/mol. The van der Waals surface area contributed by atoms with Gasteiger partial charge in [-0.1, -0.05) is 6.07 Å². The van der Waals surface area contributed by atoms with Crippen molar-refractivity contribution in [1.82, 2.24) is 0 Å². The third kappa shape index (κ3) is 2.78. The number of carboxylic acids is 1. The van der Waals surface area contributed by atoms with Crippen LogP contribution in [0.2, 0.25) is 0 Å². The molecule has 4 nitrogen and oxygen atoms in total. The number of Topliss-reactive ketones (excluding diaryl/α,β-unsaturated/α-hetero) is 1. The zero-order valence-electron chi connectivity index (χ0n) is 11.2. The Labute approximate surface area is 112 Å². The predicted molar refractivity (Wildman–Crippen MR) is 70.8 cm³/mol. The molecule has 1 aromatic rings. The van der Waals surface area contributed by atoms with Crippen molar-refractivity contribution in [2.75, 3.05) is 0 Å². The normalized spacial score (nSPS) is 15.5. The Morgan fingerprint density at radius 2 is 1.84 bits per heavy atom. The molecule has 0 unspecified atom stereocenters. The maximum atomic E-state index is 11.7. The first-order chi connectivity index (χ1) is 9.00. The molecule has 0 heterocycles. The summed E-state index contributed by atoms with van der Waals surface area (Å²) in [5.41, 5.74) is 2.00. The minimum Gasteiger partial charge on any atom is -0.489 e. The van der Waals surface area contributed by atoms with E-state index >= 15 is 0 Å². The lowest BCUT2D eigenvalue weighted by atomic mass is 10.0. The fraction of sp³-hybridized carbons (Fsp3) is 0.467. The van der Waals surface area contributed by atoms with Gasteiger partial charge in [0, 0.05) is 0 Å². The Morgan fingerprint density at radius 1 is 1.21 bits per heavy atom. The summed E-state index contributed by atoms with van der Waals surface area (Å²) in [6.07, 6.45) is 4.28. The topological polar surface area (TPSA) is 63.6 Å². The molecule has 0 amide bonds. The number of hydrogen-bond acceptors (Lipinski definition) is 3. The van der Waals surface area contributed by atoms with Gasteiger partial charge in [0.1, 0.15) is 5.75 Å². The summed E-state index contributed by atoms with van der Waals surface area (Å²) in [4.78, 5) is 22.6. The molecule has 2 rings (SSSR count). The van der Waals surface area contributed by atoms with Crippen molar-refractivity contribution >= 4 is 11.8 Å². The maximum Gasteiger partial charge on any atom is 0.377 e. The lowest BCUT2D eigenvalue weighted by Gasteiger charge is -2.18. The number of benzene rings is 1. The van der Waals surface area contributed by atoms with E-state index in [0.29, 0.717) is 5.75 Å². The minimum absolute atomic E-state index is 0.0980. The Bertz CT molecular complexity index is 513. The highest BCUT2D eigenvalue weighted by Crippen LogP contribution is 2.31. The number of rotatable bonds is 4. The van der Waals surface area contributed by atoms with Crippen LogP contribution in [0.1, 0.15) is 47.2 Å². The van der Waals surface area contributed by atoms with E-state index in [0.717, 1.165) is 36.8 Å². The number of aliphatic carboxylic acids is 1. The molecule has 0 bridgehead atoms. The molecule has 0 atom stereocenters. The molecule has 1 N–H and O–H groups in total. The minimum atomic E-state index is -1.44. The number of carboxylic acid groups (broad SMARTS) is 1. The van der Waals surface area contributed by atoms with Crippen molar-refractivity contribution < 1.29 is 19.4 Å². The van der Waals surface area contributed by atoms with Gasteiger partial charge in [0.2, 0.25) is 0 Å². The standard InChI is InChI=1S/C15H18O4/c1-9-7-8-12(13(16)15(17)18)14(10(9)2)19-11-5-3-4-6-11/h7-8,11H,3-6H2,1-2H3,(H,17,18). The van der Waals surface area contributed by atoms with Crippen LogP contribution in [0.25, 0.3) is 0 Å². The molecular weight excluding hydrogens is 244 g/mol. The van der Waals surface area contributed by atoms with E-state index in [4.69, 9.17) is 9.84 Å². The van der Waals surface area contributed by atoms with Crippen molar-refractivity contribution in [3.05, 3.63) is 28.8 Å². The molecule has 1 aliphatic carbocycles. The summed E-state index contributed by atoms with van der Waals surface area (Å²) in [6.45, 7) is 3.78. The summed E-state index contributed by atoms with van der Waals surface area (Å²) < 4.78 is 5.91. The largest absolute Gasteiger partial charge is 0.489 e. The summed E-state index contributed by atoms with van der Waals surface area (Å²) in [7, 11) is 0. The highest BCUT2D eigenvalue weighted by Gasteiger charge is 2.25. The van der Waals surface area contributed by atoms with Crippen molar-refractivity contribution in [3.63, 3.8) is 0 Å². The molecule has 19 heavy (non-hydrogen) atoms. The van der Waals surface area contributed by atoms with Gasteiger partial charge in [-0.3, -0.25) is 4.79 Å². The highest BCUT2D eigenvalue weighted by molar-refractivity contribution is 6.40. The number of carbonyl (C=O) groups excluding carboxylic acids is 1. The van der Waals surface area contributed by atoms with E-state index < -0.39 is 11.8 Å². The van der Waals surface area contributed by atoms with E-state index in [1.807, 2.05) is 13.8 Å². The van der Waals surface area contributed by atoms with Gasteiger partial charge in [-0.15, -0.1) is 0 Å². The van der Waals surface area contributed by atoms with Crippen molar-refractivity contribution in [2.45, 2.75) is 45.6 Å². The summed E-state index contributed by atoms with van der Waals surface area (Å²) in [6, 6.07) is 3.30. The van der Waals surface area contributed by atoms with Crippen LogP contribution in [-0.2, 0) is 4.79 Å². The molecule has 0 saturated heterocycles. The van der Waals surface area contributed by atoms with Gasteiger partial charge in [0.05, 0.1) is 11.7 Å². The predicted octanol–water partition coefficient (Wildman–Crippen LogP) is 2.89. The van der Waals surface area contributed by atoms with Crippen LogP contribution in [0, 0.1) is 13.8 Å². The van der Waals surface area contributed by atoms with Gasteiger partial charge >= 0.3 is 5.97 Å². The SMILES string of the molecule is Cc1ccc(C(=O)C(=O)O)c(OC2CCCC2)c1C. The zero-order chi connectivity index (χ0) is 14.0. The van der Waals surface area contributed by atoms with E-state index in [2.05, 4.69) is 0 Å². The van der Waals surface area contributed by atoms with Crippen LogP contribution in [0.3, 0.4) is 0 Å². The van der Waals surface area contributed by atoms with Crippen LogP contribution < -0.4 is 4.74 Å². The number of aryl methyl sites for hydroxylation is 1. The first kappa shape index (κ1) is 13.6. The quantitative estimate of drug-likeness (QED) is 0.669. The van der Waals surface area contributed by atoms with E-state index in [1.54, 1.807) is 12.1 Å². The molecular formula is C15H18O4. The van der Waals surface area contributed by atoms with Gasteiger partial charge in [0.25, 0.3) is 5.78 Å². The molecule has 1 aliphatic rings. The fourth-order valence-corrected chi connectivity index (χ4v) is 2.41. The molecule has 1 aromatic carbocycles. The van der Waals surface area contributed by atoms with Crippen LogP contribution in [0.15, 0.2) is 12.1 Å². The molecule has 0 aromatic heterocycles. The Morgan fingerprint density at radius 3 is 2.42 bits per heavy atom. The van der Waals surface area contributed by atoms with Crippen LogP contribution >= 0.6 is 0 Å². The fourth-order valence-electron chi connectivity index (χ4n) is 2.41. The number of carbonyl (C=O) groups is 2. The molecule has 0 aliphatic heterocycles. The lowest BCUT2D eigenvalue weighted by molar-refractivity contribution is -0.131. The monoisotopic (exact) mass is 262 g/mol. The molecule has 4 heteroatoms. The molecule has 102 valence electrons. The first-order valence-electron chi connectivity index (χ1n) is 6.55. The highest BCUT2D eigenvalue weighted by atomic mass is 16.5. The summed E-state index contributed by atoms with van der Waals surface area (Å²) in [5.74, 6) is -1.91. The van der Waals surface area contributed by atoms with Gasteiger partial charge < -0.3 is 9.84 Å². The second kappa shape index (κ2) is 5.43. The molecule has 0 radical (unpaired) electrons. The number of ketones is 1. The first-order valence-corrected chi connectivity index (χ1v) is 6.55. The van der Waals surface area contributed by atoms with Gasteiger partial charge in [-0.05, 0) is 56.7 Å². The van der Waals surface area contributed by atoms with Crippen molar-refractivity contribution in [1.29, 1.82) is 0 Å². The Hall–Kier alpha value is -1.84. The third-order valence-corrected chi connectivity index (χ3v) is 3.70. The van der Waals surface area contributed by atoms with Gasteiger partial charge in [-0.2, -0.15) is 0 Å². The third-order valence-electron chi connectivity index (χ3n) is 3.70. The Balaban J connectivity index is 2.39. The van der Waals surface area contributed by atoms with Crippen LogP contribution in [-0.4, -0.2) is 23.0 Å². The molecule has 1 fully saturated rings. The summed E-state index contributed by atoms with van der Waals surface area (Å²) >= 11 is 0. The van der Waals surface area contributed by atoms with E-state index in [1.165, 1.54) is 0 Å². The number of hydrogen-bond donors (Lipinski definition) is 1.